The smallest absolute Gasteiger partial charge is 0.240 e. The van der Waals surface area contributed by atoms with E-state index in [0.717, 1.165) is 17.9 Å². The maximum absolute atomic E-state index is 11.3. The van der Waals surface area contributed by atoms with Crippen molar-refractivity contribution in [3.05, 3.63) is 24.3 Å². The minimum absolute atomic E-state index is 0.0184. The summed E-state index contributed by atoms with van der Waals surface area (Å²) in [5, 5.41) is 0. The van der Waals surface area contributed by atoms with Gasteiger partial charge >= 0.3 is 0 Å². The Bertz CT molecular complexity index is 335. The van der Waals surface area contributed by atoms with E-state index in [9.17, 15) is 4.79 Å². The maximum atomic E-state index is 11.3. The van der Waals surface area contributed by atoms with E-state index in [0.29, 0.717) is 6.61 Å². The van der Waals surface area contributed by atoms with Crippen molar-refractivity contribution in [1.29, 1.82) is 0 Å². The van der Waals surface area contributed by atoms with Crippen LogP contribution in [0.15, 0.2) is 24.3 Å². The molecule has 0 aliphatic carbocycles. The van der Waals surface area contributed by atoms with E-state index in [2.05, 4.69) is 6.92 Å². The third kappa shape index (κ3) is 3.24. The lowest BCUT2D eigenvalue weighted by atomic mass is 10.3. The van der Waals surface area contributed by atoms with Gasteiger partial charge in [0.1, 0.15) is 5.75 Å². The predicted octanol–water partition coefficient (Wildman–Crippen LogP) is 1.40. The number of benzene rings is 1. The Balaban J connectivity index is 2.67. The quantitative estimate of drug-likeness (QED) is 0.819. The van der Waals surface area contributed by atoms with Crippen LogP contribution in [-0.4, -0.2) is 26.1 Å². The second-order valence-electron chi connectivity index (χ2n) is 3.50. The third-order valence-electron chi connectivity index (χ3n) is 2.25. The molecule has 16 heavy (non-hydrogen) atoms. The largest absolute Gasteiger partial charge is 0.494 e. The second kappa shape index (κ2) is 6.12. The lowest BCUT2D eigenvalue weighted by Crippen LogP contribution is -2.32. The first-order valence-electron chi connectivity index (χ1n) is 5.38. The fraction of sp³-hybridized carbons (Fsp3) is 0.417. The topological polar surface area (TPSA) is 55.6 Å². The Labute approximate surface area is 96.0 Å². The van der Waals surface area contributed by atoms with E-state index in [1.54, 1.807) is 7.05 Å². The van der Waals surface area contributed by atoms with Gasteiger partial charge in [0.25, 0.3) is 0 Å². The molecule has 0 aromatic heterocycles. The average molecular weight is 222 g/mol. The highest BCUT2D eigenvalue weighted by Gasteiger charge is 2.08. The van der Waals surface area contributed by atoms with Gasteiger partial charge in [0, 0.05) is 12.7 Å². The summed E-state index contributed by atoms with van der Waals surface area (Å²) < 4.78 is 5.45. The summed E-state index contributed by atoms with van der Waals surface area (Å²) in [5.74, 6) is 0.710. The number of anilines is 1. The summed E-state index contributed by atoms with van der Waals surface area (Å²) in [4.78, 5) is 12.9. The highest BCUT2D eigenvalue weighted by molar-refractivity contribution is 5.94. The molecule has 0 aliphatic rings. The number of amides is 1. The van der Waals surface area contributed by atoms with Crippen molar-refractivity contribution in [2.45, 2.75) is 13.3 Å². The zero-order valence-corrected chi connectivity index (χ0v) is 9.77. The van der Waals surface area contributed by atoms with E-state index in [-0.39, 0.29) is 12.5 Å². The molecule has 4 nitrogen and oxygen atoms in total. The van der Waals surface area contributed by atoms with Crippen molar-refractivity contribution in [2.24, 2.45) is 5.73 Å². The molecule has 0 spiro atoms. The molecule has 0 saturated carbocycles. The highest BCUT2D eigenvalue weighted by Crippen LogP contribution is 2.18. The standard InChI is InChI=1S/C12H18N2O2/c1-3-8-16-11-6-4-10(5-7-11)14(2)12(15)9-13/h4-7H,3,8-9,13H2,1-2H3. The lowest BCUT2D eigenvalue weighted by Gasteiger charge is -2.16. The van der Waals surface area contributed by atoms with E-state index in [1.807, 2.05) is 24.3 Å². The molecule has 88 valence electrons. The Morgan fingerprint density at radius 2 is 2.00 bits per heavy atom. The Morgan fingerprint density at radius 3 is 2.50 bits per heavy atom. The van der Waals surface area contributed by atoms with Crippen LogP contribution in [0.4, 0.5) is 5.69 Å². The molecule has 0 bridgehead atoms. The van der Waals surface area contributed by atoms with Crippen molar-refractivity contribution in [2.75, 3.05) is 25.1 Å². The van der Waals surface area contributed by atoms with Crippen molar-refractivity contribution in [3.63, 3.8) is 0 Å². The molecule has 0 fully saturated rings. The van der Waals surface area contributed by atoms with Gasteiger partial charge in [0.2, 0.25) is 5.91 Å². The molecular formula is C12H18N2O2. The third-order valence-corrected chi connectivity index (χ3v) is 2.25. The number of hydrogen-bond acceptors (Lipinski definition) is 3. The van der Waals surface area contributed by atoms with Gasteiger partial charge in [0.05, 0.1) is 13.2 Å². The van der Waals surface area contributed by atoms with Gasteiger partial charge in [-0.1, -0.05) is 6.92 Å². The number of hydrogen-bond donors (Lipinski definition) is 1. The van der Waals surface area contributed by atoms with Crippen LogP contribution < -0.4 is 15.4 Å². The van der Waals surface area contributed by atoms with Crippen molar-refractivity contribution in [1.82, 2.24) is 0 Å². The molecule has 0 atom stereocenters. The number of carbonyl (C=O) groups excluding carboxylic acids is 1. The van der Waals surface area contributed by atoms with Gasteiger partial charge in [0.15, 0.2) is 0 Å². The Morgan fingerprint density at radius 1 is 1.38 bits per heavy atom. The summed E-state index contributed by atoms with van der Waals surface area (Å²) in [6.45, 7) is 2.78. The van der Waals surface area contributed by atoms with Gasteiger partial charge in [-0.25, -0.2) is 0 Å². The van der Waals surface area contributed by atoms with E-state index in [1.165, 1.54) is 4.90 Å². The van der Waals surface area contributed by atoms with Crippen LogP contribution in [0.25, 0.3) is 0 Å². The number of likely N-dealkylation sites (N-methyl/N-ethyl adjacent to an activating group) is 1. The SMILES string of the molecule is CCCOc1ccc(N(C)C(=O)CN)cc1. The number of carbonyl (C=O) groups is 1. The van der Waals surface area contributed by atoms with Gasteiger partial charge in [-0.05, 0) is 30.7 Å². The van der Waals surface area contributed by atoms with Crippen LogP contribution in [0, 0.1) is 0 Å². The molecule has 1 aromatic rings. The zero-order chi connectivity index (χ0) is 12.0. The number of nitrogens with two attached hydrogens (primary N) is 1. The molecule has 1 rings (SSSR count). The molecule has 0 heterocycles. The van der Waals surface area contributed by atoms with Crippen LogP contribution in [0.3, 0.4) is 0 Å². The minimum Gasteiger partial charge on any atom is -0.494 e. The zero-order valence-electron chi connectivity index (χ0n) is 9.77. The Hall–Kier alpha value is -1.55. The summed E-state index contributed by atoms with van der Waals surface area (Å²) >= 11 is 0. The summed E-state index contributed by atoms with van der Waals surface area (Å²) in [5.41, 5.74) is 6.11. The van der Waals surface area contributed by atoms with Gasteiger partial charge in [-0.3, -0.25) is 4.79 Å². The molecule has 0 radical (unpaired) electrons. The predicted molar refractivity (Wildman–Crippen MR) is 64.7 cm³/mol. The summed E-state index contributed by atoms with van der Waals surface area (Å²) in [6, 6.07) is 7.40. The van der Waals surface area contributed by atoms with E-state index < -0.39 is 0 Å². The highest BCUT2D eigenvalue weighted by atomic mass is 16.5. The molecule has 0 saturated heterocycles. The van der Waals surface area contributed by atoms with Gasteiger partial charge in [-0.15, -0.1) is 0 Å². The second-order valence-corrected chi connectivity index (χ2v) is 3.50. The molecule has 0 aliphatic heterocycles. The molecule has 2 N–H and O–H groups in total. The molecule has 0 unspecified atom stereocenters. The monoisotopic (exact) mass is 222 g/mol. The number of nitrogens with zero attached hydrogens (tertiary/aromatic N) is 1. The van der Waals surface area contributed by atoms with Gasteiger partial charge in [-0.2, -0.15) is 0 Å². The van der Waals surface area contributed by atoms with Crippen LogP contribution >= 0.6 is 0 Å². The molecular weight excluding hydrogens is 204 g/mol. The summed E-state index contributed by atoms with van der Waals surface area (Å²) in [6.07, 6.45) is 0.979. The maximum Gasteiger partial charge on any atom is 0.240 e. The minimum atomic E-state index is -0.109. The van der Waals surface area contributed by atoms with Crippen molar-refractivity contribution >= 4 is 11.6 Å². The summed E-state index contributed by atoms with van der Waals surface area (Å²) in [7, 11) is 1.71. The molecule has 1 amide bonds. The fourth-order valence-corrected chi connectivity index (χ4v) is 1.27. The first kappa shape index (κ1) is 12.5. The number of rotatable bonds is 5. The van der Waals surface area contributed by atoms with E-state index >= 15 is 0 Å². The number of ether oxygens (including phenoxy) is 1. The normalized spacial score (nSPS) is 9.94. The van der Waals surface area contributed by atoms with Crippen molar-refractivity contribution in [3.8, 4) is 5.75 Å². The van der Waals surface area contributed by atoms with Crippen LogP contribution in [0.2, 0.25) is 0 Å². The van der Waals surface area contributed by atoms with Crippen LogP contribution in [-0.2, 0) is 4.79 Å². The lowest BCUT2D eigenvalue weighted by molar-refractivity contribution is -0.117. The molecule has 4 heteroatoms. The van der Waals surface area contributed by atoms with E-state index in [4.69, 9.17) is 10.5 Å². The first-order valence-corrected chi connectivity index (χ1v) is 5.38. The first-order chi connectivity index (χ1) is 7.69. The van der Waals surface area contributed by atoms with Gasteiger partial charge < -0.3 is 15.4 Å². The van der Waals surface area contributed by atoms with Crippen LogP contribution in [0.5, 0.6) is 5.75 Å². The van der Waals surface area contributed by atoms with Crippen molar-refractivity contribution < 1.29 is 9.53 Å². The average Bonchev–Trinajstić information content (AvgIpc) is 2.35. The Kier molecular flexibility index (Phi) is 4.79. The molecule has 1 aromatic carbocycles. The van der Waals surface area contributed by atoms with Crippen LogP contribution in [0.1, 0.15) is 13.3 Å². The fourth-order valence-electron chi connectivity index (χ4n) is 1.27.